The normalized spacial score (nSPS) is 43.2. The van der Waals surface area contributed by atoms with Crippen LogP contribution in [0.1, 0.15) is 6.92 Å². The zero-order valence-electron chi connectivity index (χ0n) is 7.02. The minimum atomic E-state index is -3.31. The molecule has 6 nitrogen and oxygen atoms in total. The van der Waals surface area contributed by atoms with Crippen LogP contribution in [0.15, 0.2) is 0 Å². The summed E-state index contributed by atoms with van der Waals surface area (Å²) in [4.78, 5) is 10.7. The smallest absolute Gasteiger partial charge is 0.452 e. The van der Waals surface area contributed by atoms with E-state index in [-0.39, 0.29) is 19.8 Å². The predicted molar refractivity (Wildman–Crippen MR) is 40.0 cm³/mol. The first kappa shape index (κ1) is 9.15. The van der Waals surface area contributed by atoms with Crippen molar-refractivity contribution in [1.29, 1.82) is 0 Å². The van der Waals surface area contributed by atoms with E-state index in [1.54, 1.807) is 0 Å². The third-order valence-electron chi connectivity index (χ3n) is 1.82. The van der Waals surface area contributed by atoms with Crippen LogP contribution < -0.4 is 0 Å². The van der Waals surface area contributed by atoms with E-state index in [2.05, 4.69) is 0 Å². The van der Waals surface area contributed by atoms with Gasteiger partial charge in [-0.05, 0) is 0 Å². The van der Waals surface area contributed by atoms with Crippen LogP contribution in [0.25, 0.3) is 0 Å². The Morgan fingerprint density at radius 1 is 1.31 bits per heavy atom. The highest BCUT2D eigenvalue weighted by Crippen LogP contribution is 2.58. The van der Waals surface area contributed by atoms with Gasteiger partial charge in [0.15, 0.2) is 5.60 Å². The second kappa shape index (κ2) is 2.78. The van der Waals surface area contributed by atoms with Gasteiger partial charge in [-0.2, -0.15) is 0 Å². The Hall–Kier alpha value is -0.420. The van der Waals surface area contributed by atoms with Gasteiger partial charge in [0.25, 0.3) is 0 Å². The molecule has 0 aromatic heterocycles. The lowest BCUT2D eigenvalue weighted by Gasteiger charge is -2.42. The van der Waals surface area contributed by atoms with Crippen LogP contribution in [0.3, 0.4) is 0 Å². The maximum absolute atomic E-state index is 11.3. The molecule has 0 N–H and O–H groups in total. The van der Waals surface area contributed by atoms with Gasteiger partial charge in [-0.3, -0.25) is 18.4 Å². The zero-order valence-corrected chi connectivity index (χ0v) is 7.91. The summed E-state index contributed by atoms with van der Waals surface area (Å²) in [5, 5.41) is 0. The first-order chi connectivity index (χ1) is 6.04. The Labute approximate surface area is 74.7 Å². The zero-order chi connectivity index (χ0) is 9.53. The molecule has 0 unspecified atom stereocenters. The quantitative estimate of drug-likeness (QED) is 0.460. The molecule has 0 aromatic carbocycles. The summed E-state index contributed by atoms with van der Waals surface area (Å²) < 4.78 is 30.6. The van der Waals surface area contributed by atoms with Gasteiger partial charge in [0.05, 0.1) is 0 Å². The van der Waals surface area contributed by atoms with E-state index >= 15 is 0 Å². The Balaban J connectivity index is 2.11. The molecule has 0 aliphatic carbocycles. The highest BCUT2D eigenvalue weighted by Gasteiger charge is 2.52. The van der Waals surface area contributed by atoms with Crippen LogP contribution in [0, 0.1) is 0 Å². The lowest BCUT2D eigenvalue weighted by Crippen LogP contribution is -2.53. The minimum absolute atomic E-state index is 0.0733. The Kier molecular flexibility index (Phi) is 1.96. The number of hydrogen-bond acceptors (Lipinski definition) is 6. The Morgan fingerprint density at radius 2 is 1.77 bits per heavy atom. The van der Waals surface area contributed by atoms with E-state index in [9.17, 15) is 9.36 Å². The average Bonchev–Trinajstić information content (AvgIpc) is 2.07. The van der Waals surface area contributed by atoms with E-state index in [1.807, 2.05) is 0 Å². The molecule has 0 aromatic rings. The van der Waals surface area contributed by atoms with Crippen molar-refractivity contribution in [2.24, 2.45) is 0 Å². The van der Waals surface area contributed by atoms with E-state index < -0.39 is 19.4 Å². The summed E-state index contributed by atoms with van der Waals surface area (Å²) in [5.74, 6) is -0.436. The largest absolute Gasteiger partial charge is 0.475 e. The van der Waals surface area contributed by atoms with E-state index in [1.165, 1.54) is 6.92 Å². The molecule has 7 heteroatoms. The fraction of sp³-hybridized carbons (Fsp3) is 0.833. The fourth-order valence-corrected chi connectivity index (χ4v) is 2.62. The van der Waals surface area contributed by atoms with Crippen molar-refractivity contribution in [2.75, 3.05) is 19.8 Å². The van der Waals surface area contributed by atoms with Crippen molar-refractivity contribution < 1.29 is 27.7 Å². The number of phosphoric ester groups is 1. The molecule has 0 atom stereocenters. The van der Waals surface area contributed by atoms with Gasteiger partial charge in [0.1, 0.15) is 19.8 Å². The van der Waals surface area contributed by atoms with Gasteiger partial charge in [0, 0.05) is 6.92 Å². The molecule has 2 bridgehead atoms. The fourth-order valence-electron chi connectivity index (χ4n) is 1.22. The SMILES string of the molecule is CC(=O)OC12COP(=O)(OC1)OC2. The average molecular weight is 208 g/mol. The molecule has 0 amide bonds. The highest BCUT2D eigenvalue weighted by molar-refractivity contribution is 7.48. The van der Waals surface area contributed by atoms with Crippen LogP contribution >= 0.6 is 7.82 Å². The van der Waals surface area contributed by atoms with Crippen molar-refractivity contribution >= 4 is 13.8 Å². The number of fused-ring (bicyclic) bond motifs is 3. The van der Waals surface area contributed by atoms with Crippen LogP contribution in [0.4, 0.5) is 0 Å². The number of carbonyl (C=O) groups is 1. The number of hydrogen-bond donors (Lipinski definition) is 0. The third-order valence-corrected chi connectivity index (χ3v) is 3.15. The van der Waals surface area contributed by atoms with Crippen molar-refractivity contribution in [1.82, 2.24) is 0 Å². The van der Waals surface area contributed by atoms with E-state index in [4.69, 9.17) is 18.3 Å². The standard InChI is InChI=1S/C6H9O6P/c1-5(7)12-6-2-9-13(8,10-3-6)11-4-6/h2-4H2,1H3. The molecular formula is C6H9O6P. The number of phosphoric acid groups is 1. The maximum Gasteiger partial charge on any atom is 0.475 e. The Bertz CT molecular complexity index is 256. The van der Waals surface area contributed by atoms with Gasteiger partial charge in [-0.1, -0.05) is 0 Å². The first-order valence-corrected chi connectivity index (χ1v) is 5.23. The van der Waals surface area contributed by atoms with Gasteiger partial charge >= 0.3 is 13.8 Å². The predicted octanol–water partition coefficient (Wildman–Crippen LogP) is 0.473. The van der Waals surface area contributed by atoms with Crippen LogP contribution in [-0.2, 0) is 27.7 Å². The number of rotatable bonds is 1. The summed E-state index contributed by atoms with van der Waals surface area (Å²) in [6.45, 7) is 1.51. The molecule has 13 heavy (non-hydrogen) atoms. The monoisotopic (exact) mass is 208 g/mol. The molecule has 74 valence electrons. The molecule has 3 heterocycles. The second-order valence-corrected chi connectivity index (χ2v) is 4.71. The van der Waals surface area contributed by atoms with Gasteiger partial charge in [-0.25, -0.2) is 4.57 Å². The summed E-state index contributed by atoms with van der Waals surface area (Å²) in [5.41, 5.74) is -0.905. The summed E-state index contributed by atoms with van der Waals surface area (Å²) in [6.07, 6.45) is 0. The van der Waals surface area contributed by atoms with Gasteiger partial charge < -0.3 is 4.74 Å². The van der Waals surface area contributed by atoms with Gasteiger partial charge in [0.2, 0.25) is 0 Å². The number of ether oxygens (including phenoxy) is 1. The lowest BCUT2D eigenvalue weighted by atomic mass is 10.1. The second-order valence-electron chi connectivity index (χ2n) is 3.04. The van der Waals surface area contributed by atoms with Crippen molar-refractivity contribution in [3.63, 3.8) is 0 Å². The Morgan fingerprint density at radius 3 is 2.15 bits per heavy atom. The molecule has 0 radical (unpaired) electrons. The molecule has 3 saturated heterocycles. The molecule has 3 aliphatic rings. The van der Waals surface area contributed by atoms with Crippen molar-refractivity contribution in [3.05, 3.63) is 0 Å². The van der Waals surface area contributed by atoms with Crippen LogP contribution in [0.5, 0.6) is 0 Å². The minimum Gasteiger partial charge on any atom is -0.452 e. The summed E-state index contributed by atoms with van der Waals surface area (Å²) >= 11 is 0. The molecule has 3 fully saturated rings. The topological polar surface area (TPSA) is 71.1 Å². The molecular weight excluding hydrogens is 199 g/mol. The maximum atomic E-state index is 11.3. The number of carbonyl (C=O) groups excluding carboxylic acids is 1. The van der Waals surface area contributed by atoms with Crippen molar-refractivity contribution in [2.45, 2.75) is 12.5 Å². The first-order valence-electron chi connectivity index (χ1n) is 3.77. The highest BCUT2D eigenvalue weighted by atomic mass is 31.2. The summed E-state index contributed by atoms with van der Waals surface area (Å²) in [7, 11) is -3.31. The number of esters is 1. The van der Waals surface area contributed by atoms with E-state index in [0.29, 0.717) is 0 Å². The molecule has 3 aliphatic heterocycles. The van der Waals surface area contributed by atoms with Gasteiger partial charge in [-0.15, -0.1) is 0 Å². The summed E-state index contributed by atoms with van der Waals surface area (Å²) in [6, 6.07) is 0. The molecule has 3 rings (SSSR count). The third kappa shape index (κ3) is 1.62. The van der Waals surface area contributed by atoms with Crippen LogP contribution in [0.2, 0.25) is 0 Å². The van der Waals surface area contributed by atoms with Crippen LogP contribution in [-0.4, -0.2) is 31.4 Å². The van der Waals surface area contributed by atoms with E-state index in [0.717, 1.165) is 0 Å². The molecule has 0 spiro atoms. The molecule has 0 saturated carbocycles. The van der Waals surface area contributed by atoms with Crippen molar-refractivity contribution in [3.8, 4) is 0 Å². The lowest BCUT2D eigenvalue weighted by molar-refractivity contribution is -0.194.